The fourth-order valence-corrected chi connectivity index (χ4v) is 2.28. The predicted molar refractivity (Wildman–Crippen MR) is 66.1 cm³/mol. The lowest BCUT2D eigenvalue weighted by molar-refractivity contribution is 0.0905. The van der Waals surface area contributed by atoms with Crippen LogP contribution in [-0.2, 0) is 0 Å². The summed E-state index contributed by atoms with van der Waals surface area (Å²) in [6.45, 7) is 5.81. The van der Waals surface area contributed by atoms with Gasteiger partial charge in [0.15, 0.2) is 0 Å². The van der Waals surface area contributed by atoms with Gasteiger partial charge in [0.1, 0.15) is 4.88 Å². The molecule has 1 aromatic rings. The van der Waals surface area contributed by atoms with E-state index in [1.165, 1.54) is 0 Å². The molecule has 0 fully saturated rings. The van der Waals surface area contributed by atoms with Crippen LogP contribution in [0.4, 0.5) is 0 Å². The Balaban J connectivity index is 2.73. The maximum absolute atomic E-state index is 12.0. The average Bonchev–Trinajstić information content (AvgIpc) is 2.65. The van der Waals surface area contributed by atoms with E-state index in [1.54, 1.807) is 6.92 Å². The van der Waals surface area contributed by atoms with Gasteiger partial charge in [0.2, 0.25) is 0 Å². The molecule has 1 aromatic heterocycles. The number of aromatic nitrogens is 2. The summed E-state index contributed by atoms with van der Waals surface area (Å²) in [6, 6.07) is 0. The van der Waals surface area contributed by atoms with E-state index < -0.39 is 0 Å². The third-order valence-electron chi connectivity index (χ3n) is 2.70. The van der Waals surface area contributed by atoms with Crippen molar-refractivity contribution in [3.05, 3.63) is 10.6 Å². The fraction of sp³-hybridized carbons (Fsp3) is 0.700. The average molecular weight is 262 g/mol. The zero-order chi connectivity index (χ0) is 12.2. The summed E-state index contributed by atoms with van der Waals surface area (Å²) in [5.41, 5.74) is 0.418. The van der Waals surface area contributed by atoms with Gasteiger partial charge in [0.05, 0.1) is 5.69 Å². The second kappa shape index (κ2) is 5.59. The van der Waals surface area contributed by atoms with Gasteiger partial charge < -0.3 is 5.32 Å². The number of aryl methyl sites for hydroxylation is 1. The molecule has 1 rings (SSSR count). The minimum absolute atomic E-state index is 0.109. The lowest BCUT2D eigenvalue weighted by atomic mass is 9.95. The Labute approximate surface area is 105 Å². The summed E-state index contributed by atoms with van der Waals surface area (Å²) in [4.78, 5) is 12.5. The van der Waals surface area contributed by atoms with Crippen molar-refractivity contribution in [3.63, 3.8) is 0 Å². The van der Waals surface area contributed by atoms with Crippen molar-refractivity contribution in [2.45, 2.75) is 39.2 Å². The number of halogens is 1. The van der Waals surface area contributed by atoms with Crippen molar-refractivity contribution in [2.75, 3.05) is 5.88 Å². The van der Waals surface area contributed by atoms with Gasteiger partial charge in [-0.2, -0.15) is 0 Å². The molecule has 16 heavy (non-hydrogen) atoms. The molecule has 1 heterocycles. The monoisotopic (exact) mass is 261 g/mol. The molecule has 1 amide bonds. The van der Waals surface area contributed by atoms with Crippen molar-refractivity contribution in [1.82, 2.24) is 14.9 Å². The molecule has 0 aliphatic heterocycles. The third-order valence-corrected chi connectivity index (χ3v) is 3.72. The van der Waals surface area contributed by atoms with Gasteiger partial charge in [-0.05, 0) is 38.2 Å². The maximum atomic E-state index is 12.0. The predicted octanol–water partition coefficient (Wildman–Crippen LogP) is 2.37. The summed E-state index contributed by atoms with van der Waals surface area (Å²) in [5, 5.41) is 6.82. The van der Waals surface area contributed by atoms with Gasteiger partial charge >= 0.3 is 0 Å². The molecule has 0 saturated carbocycles. The number of amides is 1. The molecule has 0 aromatic carbocycles. The smallest absolute Gasteiger partial charge is 0.265 e. The molecule has 1 unspecified atom stereocenters. The summed E-state index contributed by atoms with van der Waals surface area (Å²) >= 11 is 6.85. The van der Waals surface area contributed by atoms with Crippen LogP contribution in [-0.4, -0.2) is 26.9 Å². The number of hydrogen-bond acceptors (Lipinski definition) is 4. The number of nitrogens with one attached hydrogen (secondary N) is 1. The molecule has 0 aliphatic carbocycles. The zero-order valence-electron chi connectivity index (χ0n) is 9.71. The normalized spacial score (nSPS) is 14.5. The molecule has 0 radical (unpaired) electrons. The Hall–Kier alpha value is -0.680. The van der Waals surface area contributed by atoms with Crippen LogP contribution in [0.5, 0.6) is 0 Å². The zero-order valence-corrected chi connectivity index (χ0v) is 11.3. The standard InChI is InChI=1S/C10H16ClN3OS/c1-4-10(3,5-6-11)12-9(15)8-7(2)13-14-16-8/h4-6H2,1-3H3,(H,12,15). The molecule has 1 N–H and O–H groups in total. The Bertz CT molecular complexity index is 369. The van der Waals surface area contributed by atoms with E-state index in [-0.39, 0.29) is 11.4 Å². The molecular weight excluding hydrogens is 246 g/mol. The highest BCUT2D eigenvalue weighted by Gasteiger charge is 2.25. The largest absolute Gasteiger partial charge is 0.346 e. The van der Waals surface area contributed by atoms with Crippen LogP contribution in [0.15, 0.2) is 0 Å². The SMILES string of the molecule is CCC(C)(CCCl)NC(=O)c1snnc1C. The van der Waals surface area contributed by atoms with Crippen LogP contribution in [0.25, 0.3) is 0 Å². The lowest BCUT2D eigenvalue weighted by Crippen LogP contribution is -2.45. The van der Waals surface area contributed by atoms with Gasteiger partial charge in [-0.15, -0.1) is 16.7 Å². The van der Waals surface area contributed by atoms with E-state index in [0.29, 0.717) is 16.5 Å². The van der Waals surface area contributed by atoms with Crippen LogP contribution < -0.4 is 5.32 Å². The van der Waals surface area contributed by atoms with E-state index in [2.05, 4.69) is 14.9 Å². The molecule has 0 spiro atoms. The van der Waals surface area contributed by atoms with E-state index in [4.69, 9.17) is 11.6 Å². The fourth-order valence-electron chi connectivity index (χ4n) is 1.31. The van der Waals surface area contributed by atoms with Crippen LogP contribution in [0.1, 0.15) is 42.1 Å². The lowest BCUT2D eigenvalue weighted by Gasteiger charge is -2.28. The van der Waals surface area contributed by atoms with E-state index in [1.807, 2.05) is 13.8 Å². The quantitative estimate of drug-likeness (QED) is 0.828. The van der Waals surface area contributed by atoms with Gasteiger partial charge in [-0.25, -0.2) is 0 Å². The highest BCUT2D eigenvalue weighted by molar-refractivity contribution is 7.08. The second-order valence-electron chi connectivity index (χ2n) is 3.99. The van der Waals surface area contributed by atoms with Crippen LogP contribution in [0.2, 0.25) is 0 Å². The summed E-state index contributed by atoms with van der Waals surface area (Å²) in [5.74, 6) is 0.423. The van der Waals surface area contributed by atoms with E-state index in [0.717, 1.165) is 24.4 Å². The minimum atomic E-state index is -0.255. The van der Waals surface area contributed by atoms with Gasteiger partial charge in [-0.1, -0.05) is 11.4 Å². The highest BCUT2D eigenvalue weighted by Crippen LogP contribution is 2.18. The summed E-state index contributed by atoms with van der Waals surface area (Å²) < 4.78 is 3.75. The molecule has 4 nitrogen and oxygen atoms in total. The number of nitrogens with zero attached hydrogens (tertiary/aromatic N) is 2. The molecule has 6 heteroatoms. The number of rotatable bonds is 5. The highest BCUT2D eigenvalue weighted by atomic mass is 35.5. The Kier molecular flexibility index (Phi) is 4.68. The molecule has 0 aliphatic rings. The van der Waals surface area contributed by atoms with E-state index in [9.17, 15) is 4.79 Å². The molecule has 0 bridgehead atoms. The van der Waals surface area contributed by atoms with E-state index >= 15 is 0 Å². The molecule has 1 atom stereocenters. The summed E-state index contributed by atoms with van der Waals surface area (Å²) in [6.07, 6.45) is 1.60. The third kappa shape index (κ3) is 3.15. The number of carbonyl (C=O) groups is 1. The van der Waals surface area contributed by atoms with Crippen molar-refractivity contribution in [1.29, 1.82) is 0 Å². The molecule has 0 saturated heterocycles. The minimum Gasteiger partial charge on any atom is -0.346 e. The van der Waals surface area contributed by atoms with Crippen molar-refractivity contribution in [2.24, 2.45) is 0 Å². The van der Waals surface area contributed by atoms with Crippen molar-refractivity contribution < 1.29 is 4.79 Å². The first kappa shape index (κ1) is 13.4. The Morgan fingerprint density at radius 2 is 2.31 bits per heavy atom. The second-order valence-corrected chi connectivity index (χ2v) is 5.13. The number of alkyl halides is 1. The van der Waals surface area contributed by atoms with Crippen LogP contribution >= 0.6 is 23.1 Å². The Morgan fingerprint density at radius 3 is 2.75 bits per heavy atom. The van der Waals surface area contributed by atoms with Crippen molar-refractivity contribution >= 4 is 29.0 Å². The van der Waals surface area contributed by atoms with Gasteiger partial charge in [-0.3, -0.25) is 4.79 Å². The topological polar surface area (TPSA) is 54.9 Å². The Morgan fingerprint density at radius 1 is 1.62 bits per heavy atom. The molecule has 90 valence electrons. The van der Waals surface area contributed by atoms with Crippen LogP contribution in [0.3, 0.4) is 0 Å². The number of carbonyl (C=O) groups excluding carboxylic acids is 1. The first-order valence-electron chi connectivity index (χ1n) is 5.20. The van der Waals surface area contributed by atoms with Crippen molar-refractivity contribution in [3.8, 4) is 0 Å². The maximum Gasteiger partial charge on any atom is 0.265 e. The number of hydrogen-bond donors (Lipinski definition) is 1. The van der Waals surface area contributed by atoms with Gasteiger partial charge in [0, 0.05) is 11.4 Å². The van der Waals surface area contributed by atoms with Crippen LogP contribution in [0, 0.1) is 6.92 Å². The van der Waals surface area contributed by atoms with Gasteiger partial charge in [0.25, 0.3) is 5.91 Å². The first-order chi connectivity index (χ1) is 7.52. The summed E-state index contributed by atoms with van der Waals surface area (Å²) in [7, 11) is 0. The molecular formula is C10H16ClN3OS. The first-order valence-corrected chi connectivity index (χ1v) is 6.50.